The van der Waals surface area contributed by atoms with Gasteiger partial charge in [0.1, 0.15) is 18.1 Å². The number of hydrogen-bond donors (Lipinski definition) is 2. The quantitative estimate of drug-likeness (QED) is 0.644. The summed E-state index contributed by atoms with van der Waals surface area (Å²) in [6.45, 7) is 1.86. The molecule has 1 fully saturated rings. The largest absolute Gasteiger partial charge is 0.459 e. The van der Waals surface area contributed by atoms with E-state index >= 15 is 0 Å². The third-order valence-electron chi connectivity index (χ3n) is 5.81. The summed E-state index contributed by atoms with van der Waals surface area (Å²) in [6, 6.07) is 19.6. The minimum Gasteiger partial charge on any atom is -0.459 e. The van der Waals surface area contributed by atoms with Gasteiger partial charge in [-0.25, -0.2) is 0 Å². The number of carbonyl (C=O) groups is 1. The first kappa shape index (κ1) is 18.5. The van der Waals surface area contributed by atoms with Gasteiger partial charge < -0.3 is 14.8 Å². The summed E-state index contributed by atoms with van der Waals surface area (Å²) in [6.07, 6.45) is 3.88. The minimum absolute atomic E-state index is 0.0620. The van der Waals surface area contributed by atoms with Gasteiger partial charge in [-0.2, -0.15) is 0 Å². The maximum Gasteiger partial charge on any atom is 0.235 e. The molecule has 2 aromatic carbocycles. The van der Waals surface area contributed by atoms with E-state index in [4.69, 9.17) is 4.42 Å². The van der Waals surface area contributed by atoms with Gasteiger partial charge in [0, 0.05) is 11.3 Å². The van der Waals surface area contributed by atoms with Crippen LogP contribution in [0.25, 0.3) is 11.3 Å². The number of hydrogen-bond acceptors (Lipinski definition) is 3. The van der Waals surface area contributed by atoms with Crippen molar-refractivity contribution in [3.8, 4) is 11.3 Å². The fraction of sp³-hybridized carbons (Fsp3) is 0.292. The second-order valence-corrected chi connectivity index (χ2v) is 7.56. The lowest BCUT2D eigenvalue weighted by Gasteiger charge is -2.28. The number of amides is 1. The lowest BCUT2D eigenvalue weighted by molar-refractivity contribution is -0.121. The Hall–Kier alpha value is -2.85. The molecule has 1 heterocycles. The molecule has 28 heavy (non-hydrogen) atoms. The Labute approximate surface area is 165 Å². The fourth-order valence-corrected chi connectivity index (χ4v) is 4.15. The molecule has 0 saturated heterocycles. The molecule has 0 radical (unpaired) electrons. The Balaban J connectivity index is 1.64. The molecule has 4 rings (SSSR count). The molecular weight excluding hydrogens is 350 g/mol. The van der Waals surface area contributed by atoms with E-state index in [-0.39, 0.29) is 12.5 Å². The monoisotopic (exact) mass is 375 g/mol. The van der Waals surface area contributed by atoms with E-state index in [0.717, 1.165) is 48.1 Å². The van der Waals surface area contributed by atoms with Gasteiger partial charge >= 0.3 is 0 Å². The van der Waals surface area contributed by atoms with E-state index in [2.05, 4.69) is 17.4 Å². The van der Waals surface area contributed by atoms with Gasteiger partial charge in [-0.1, -0.05) is 55.3 Å². The average Bonchev–Trinajstić information content (AvgIpc) is 3.41. The average molecular weight is 375 g/mol. The molecule has 1 aliphatic carbocycles. The summed E-state index contributed by atoms with van der Waals surface area (Å²) in [4.78, 5) is 13.4. The van der Waals surface area contributed by atoms with Crippen LogP contribution >= 0.6 is 0 Å². The van der Waals surface area contributed by atoms with Crippen LogP contribution in [0.3, 0.4) is 0 Å². The zero-order valence-electron chi connectivity index (χ0n) is 16.1. The number of anilines is 1. The molecule has 0 atom stereocenters. The number of rotatable bonds is 5. The molecule has 2 N–H and O–H groups in total. The van der Waals surface area contributed by atoms with Gasteiger partial charge in [0.15, 0.2) is 0 Å². The van der Waals surface area contributed by atoms with Crippen LogP contribution in [0.1, 0.15) is 42.6 Å². The topological polar surface area (TPSA) is 62.5 Å². The molecular formula is C24H25NO3. The highest BCUT2D eigenvalue weighted by Crippen LogP contribution is 2.42. The third-order valence-corrected chi connectivity index (χ3v) is 5.81. The number of aliphatic hydroxyl groups excluding tert-OH is 1. The highest BCUT2D eigenvalue weighted by Gasteiger charge is 2.42. The molecule has 0 aliphatic heterocycles. The molecule has 1 aliphatic rings. The molecule has 0 unspecified atom stereocenters. The van der Waals surface area contributed by atoms with E-state index in [1.807, 2.05) is 49.4 Å². The molecule has 0 spiro atoms. The number of aliphatic hydroxyl groups is 1. The van der Waals surface area contributed by atoms with E-state index in [1.54, 1.807) is 6.07 Å². The van der Waals surface area contributed by atoms with Crippen LogP contribution in [-0.4, -0.2) is 11.0 Å². The van der Waals surface area contributed by atoms with Crippen molar-refractivity contribution >= 4 is 11.6 Å². The van der Waals surface area contributed by atoms with Crippen LogP contribution < -0.4 is 5.32 Å². The maximum absolute atomic E-state index is 13.4. The van der Waals surface area contributed by atoms with Gasteiger partial charge in [0.25, 0.3) is 0 Å². The summed E-state index contributed by atoms with van der Waals surface area (Å²) in [5.41, 5.74) is 3.32. The second kappa shape index (κ2) is 7.64. The summed E-state index contributed by atoms with van der Waals surface area (Å²) in [7, 11) is 0. The van der Waals surface area contributed by atoms with Crippen LogP contribution in [-0.2, 0) is 16.8 Å². The maximum atomic E-state index is 13.4. The molecule has 0 bridgehead atoms. The van der Waals surface area contributed by atoms with E-state index in [9.17, 15) is 9.90 Å². The van der Waals surface area contributed by atoms with Gasteiger partial charge in [0.05, 0.1) is 5.41 Å². The van der Waals surface area contributed by atoms with Crippen LogP contribution in [0, 0.1) is 6.92 Å². The zero-order valence-corrected chi connectivity index (χ0v) is 16.1. The van der Waals surface area contributed by atoms with E-state index < -0.39 is 5.41 Å². The van der Waals surface area contributed by atoms with Gasteiger partial charge in [-0.15, -0.1) is 0 Å². The third kappa shape index (κ3) is 3.36. The van der Waals surface area contributed by atoms with Crippen molar-refractivity contribution in [1.82, 2.24) is 0 Å². The predicted octanol–water partition coefficient (Wildman–Crippen LogP) is 5.20. The lowest BCUT2D eigenvalue weighted by Crippen LogP contribution is -2.38. The van der Waals surface area contributed by atoms with Crippen molar-refractivity contribution in [2.45, 2.75) is 44.6 Å². The Morgan fingerprint density at radius 1 is 1.07 bits per heavy atom. The Bertz CT molecular complexity index is 969. The number of carbonyl (C=O) groups excluding carboxylic acids is 1. The molecule has 4 heteroatoms. The van der Waals surface area contributed by atoms with Crippen molar-refractivity contribution in [2.24, 2.45) is 0 Å². The Kier molecular flexibility index (Phi) is 5.05. The summed E-state index contributed by atoms with van der Waals surface area (Å²) >= 11 is 0. The number of benzene rings is 2. The lowest BCUT2D eigenvalue weighted by atomic mass is 9.78. The Morgan fingerprint density at radius 2 is 1.82 bits per heavy atom. The van der Waals surface area contributed by atoms with Crippen molar-refractivity contribution in [1.29, 1.82) is 0 Å². The number of aryl methyl sites for hydroxylation is 1. The van der Waals surface area contributed by atoms with Crippen molar-refractivity contribution in [3.63, 3.8) is 0 Å². The van der Waals surface area contributed by atoms with Crippen molar-refractivity contribution < 1.29 is 14.3 Å². The van der Waals surface area contributed by atoms with Gasteiger partial charge in [0.2, 0.25) is 5.91 Å². The second-order valence-electron chi connectivity index (χ2n) is 7.56. The zero-order chi connectivity index (χ0) is 19.6. The Morgan fingerprint density at radius 3 is 2.50 bits per heavy atom. The van der Waals surface area contributed by atoms with E-state index in [0.29, 0.717) is 11.5 Å². The fourth-order valence-electron chi connectivity index (χ4n) is 4.15. The van der Waals surface area contributed by atoms with E-state index in [1.165, 1.54) is 0 Å². The first-order chi connectivity index (χ1) is 13.6. The summed E-state index contributed by atoms with van der Waals surface area (Å²) < 4.78 is 5.64. The smallest absolute Gasteiger partial charge is 0.235 e. The molecule has 1 aromatic heterocycles. The SMILES string of the molecule is Cc1ccc(-c2ccc(CO)o2)cc1NC(=O)C1(c2ccccc2)CCCC1. The molecule has 1 amide bonds. The molecule has 4 nitrogen and oxygen atoms in total. The molecule has 144 valence electrons. The van der Waals surface area contributed by atoms with Gasteiger partial charge in [-0.3, -0.25) is 4.79 Å². The molecule has 1 saturated carbocycles. The van der Waals surface area contributed by atoms with Crippen molar-refractivity contribution in [3.05, 3.63) is 77.6 Å². The molecule has 3 aromatic rings. The first-order valence-corrected chi connectivity index (χ1v) is 9.80. The standard InChI is InChI=1S/C24H25NO3/c1-17-9-10-18(22-12-11-20(16-26)28-22)15-21(17)25-23(27)24(13-5-6-14-24)19-7-3-2-4-8-19/h2-4,7-12,15,26H,5-6,13-14,16H2,1H3,(H,25,27). The highest BCUT2D eigenvalue weighted by atomic mass is 16.4. The summed E-state index contributed by atoms with van der Waals surface area (Å²) in [5, 5.41) is 12.4. The minimum atomic E-state index is -0.460. The van der Waals surface area contributed by atoms with Crippen LogP contribution in [0.5, 0.6) is 0 Å². The van der Waals surface area contributed by atoms with Crippen LogP contribution in [0.15, 0.2) is 65.1 Å². The van der Waals surface area contributed by atoms with Crippen LogP contribution in [0.2, 0.25) is 0 Å². The van der Waals surface area contributed by atoms with Crippen molar-refractivity contribution in [2.75, 3.05) is 5.32 Å². The highest BCUT2D eigenvalue weighted by molar-refractivity contribution is 6.00. The number of furan rings is 1. The first-order valence-electron chi connectivity index (χ1n) is 9.80. The predicted molar refractivity (Wildman–Crippen MR) is 110 cm³/mol. The van der Waals surface area contributed by atoms with Gasteiger partial charge in [-0.05, 0) is 49.1 Å². The number of nitrogens with one attached hydrogen (secondary N) is 1. The summed E-state index contributed by atoms with van der Waals surface area (Å²) in [5.74, 6) is 1.26. The van der Waals surface area contributed by atoms with Crippen LogP contribution in [0.4, 0.5) is 5.69 Å². The normalized spacial score (nSPS) is 15.5.